The van der Waals surface area contributed by atoms with Gasteiger partial charge in [0, 0.05) is 62.9 Å². The van der Waals surface area contributed by atoms with E-state index in [1.807, 2.05) is 6.07 Å². The molecule has 0 bridgehead atoms. The Bertz CT molecular complexity index is 876. The van der Waals surface area contributed by atoms with Crippen LogP contribution in [0, 0.1) is 6.92 Å². The normalized spacial score (nSPS) is 17.3. The van der Waals surface area contributed by atoms with Gasteiger partial charge in [-0.05, 0) is 55.3 Å². The molecule has 0 saturated carbocycles. The van der Waals surface area contributed by atoms with Crippen LogP contribution in [0.5, 0.6) is 0 Å². The predicted octanol–water partition coefficient (Wildman–Crippen LogP) is 3.67. The van der Waals surface area contributed by atoms with Gasteiger partial charge in [-0.2, -0.15) is 0 Å². The zero-order valence-corrected chi connectivity index (χ0v) is 18.2. The van der Waals surface area contributed by atoms with E-state index in [9.17, 15) is 4.79 Å². The number of hydrogen-bond acceptors (Lipinski definition) is 4. The highest BCUT2D eigenvalue weighted by Gasteiger charge is 2.21. The van der Waals surface area contributed by atoms with E-state index in [1.165, 1.54) is 24.2 Å². The summed E-state index contributed by atoms with van der Waals surface area (Å²) in [5.41, 5.74) is 5.88. The van der Waals surface area contributed by atoms with E-state index in [0.29, 0.717) is 6.54 Å². The van der Waals surface area contributed by atoms with Gasteiger partial charge in [0.05, 0.1) is 0 Å². The maximum atomic E-state index is 11.9. The number of hydrogen-bond donors (Lipinski definition) is 2. The van der Waals surface area contributed by atoms with Gasteiger partial charge in [-0.25, -0.2) is 4.79 Å². The van der Waals surface area contributed by atoms with Crippen LogP contribution in [0.15, 0.2) is 42.5 Å². The average molecular weight is 408 g/mol. The minimum Gasteiger partial charge on any atom is -0.381 e. The first kappa shape index (κ1) is 20.5. The van der Waals surface area contributed by atoms with E-state index < -0.39 is 0 Å². The Kier molecular flexibility index (Phi) is 6.43. The van der Waals surface area contributed by atoms with Crippen LogP contribution in [0.25, 0.3) is 0 Å². The van der Waals surface area contributed by atoms with E-state index in [0.717, 1.165) is 56.2 Å². The molecule has 6 nitrogen and oxygen atoms in total. The smallest absolute Gasteiger partial charge is 0.321 e. The number of aryl methyl sites for hydroxylation is 1. The van der Waals surface area contributed by atoms with Gasteiger partial charge in [-0.1, -0.05) is 25.1 Å². The van der Waals surface area contributed by atoms with Crippen molar-refractivity contribution < 1.29 is 4.79 Å². The molecular formula is C24H33N5O. The summed E-state index contributed by atoms with van der Waals surface area (Å²) in [6, 6.07) is 14.9. The van der Waals surface area contributed by atoms with Crippen molar-refractivity contribution in [3.8, 4) is 0 Å². The zero-order chi connectivity index (χ0) is 20.9. The predicted molar refractivity (Wildman–Crippen MR) is 125 cm³/mol. The van der Waals surface area contributed by atoms with Gasteiger partial charge in [-0.3, -0.25) is 9.80 Å². The number of nitrogens with zero attached hydrogens (tertiary/aromatic N) is 3. The van der Waals surface area contributed by atoms with Crippen molar-refractivity contribution in [3.05, 3.63) is 53.6 Å². The SMILES string of the molecule is CCCN1CCN(c2ccccc2CNc2ccc(N3CCNC3=O)cc2C)CC1. The maximum absolute atomic E-state index is 11.9. The minimum absolute atomic E-state index is 0.0110. The second kappa shape index (κ2) is 9.39. The molecule has 0 aromatic heterocycles. The van der Waals surface area contributed by atoms with Crippen molar-refractivity contribution in [1.82, 2.24) is 10.2 Å². The molecule has 30 heavy (non-hydrogen) atoms. The lowest BCUT2D eigenvalue weighted by Crippen LogP contribution is -2.46. The number of carbonyl (C=O) groups is 1. The van der Waals surface area contributed by atoms with Crippen LogP contribution in [0.3, 0.4) is 0 Å². The van der Waals surface area contributed by atoms with Gasteiger partial charge in [0.25, 0.3) is 0 Å². The number of carbonyl (C=O) groups excluding carboxylic acids is 1. The molecular weight excluding hydrogens is 374 g/mol. The Morgan fingerprint density at radius 3 is 2.53 bits per heavy atom. The molecule has 2 aliphatic heterocycles. The summed E-state index contributed by atoms with van der Waals surface area (Å²) in [5, 5.41) is 6.47. The second-order valence-electron chi connectivity index (χ2n) is 8.19. The lowest BCUT2D eigenvalue weighted by molar-refractivity contribution is 0.252. The number of rotatable bonds is 7. The monoisotopic (exact) mass is 407 g/mol. The summed E-state index contributed by atoms with van der Waals surface area (Å²) in [5.74, 6) is 0. The van der Waals surface area contributed by atoms with Crippen LogP contribution in [0.2, 0.25) is 0 Å². The third-order valence-corrected chi connectivity index (χ3v) is 6.09. The van der Waals surface area contributed by atoms with Gasteiger partial charge in [0.2, 0.25) is 0 Å². The maximum Gasteiger partial charge on any atom is 0.321 e. The minimum atomic E-state index is -0.0110. The number of anilines is 3. The van der Waals surface area contributed by atoms with Gasteiger partial charge in [0.1, 0.15) is 0 Å². The van der Waals surface area contributed by atoms with Crippen molar-refractivity contribution in [3.63, 3.8) is 0 Å². The number of piperazine rings is 1. The summed E-state index contributed by atoms with van der Waals surface area (Å²) in [6.45, 7) is 12.2. The van der Waals surface area contributed by atoms with E-state index in [2.05, 4.69) is 70.7 Å². The summed E-state index contributed by atoms with van der Waals surface area (Å²) < 4.78 is 0. The molecule has 2 aromatic rings. The molecule has 2 aliphatic rings. The fraction of sp³-hybridized carbons (Fsp3) is 0.458. The number of para-hydroxylation sites is 1. The molecule has 2 saturated heterocycles. The Hall–Kier alpha value is -2.73. The van der Waals surface area contributed by atoms with Crippen LogP contribution < -0.4 is 20.4 Å². The molecule has 160 valence electrons. The van der Waals surface area contributed by atoms with Gasteiger partial charge in [0.15, 0.2) is 0 Å². The molecule has 2 heterocycles. The molecule has 2 amide bonds. The molecule has 0 atom stereocenters. The highest BCUT2D eigenvalue weighted by Crippen LogP contribution is 2.26. The second-order valence-corrected chi connectivity index (χ2v) is 8.19. The first-order valence-corrected chi connectivity index (χ1v) is 11.1. The average Bonchev–Trinajstić information content (AvgIpc) is 3.20. The standard InChI is InChI=1S/C24H33N5O/c1-3-11-27-13-15-28(16-14-27)23-7-5-4-6-20(23)18-26-22-9-8-21(17-19(22)2)29-12-10-25-24(29)30/h4-9,17,26H,3,10-16,18H2,1-2H3,(H,25,30). The lowest BCUT2D eigenvalue weighted by Gasteiger charge is -2.37. The zero-order valence-electron chi connectivity index (χ0n) is 18.2. The lowest BCUT2D eigenvalue weighted by atomic mass is 10.1. The van der Waals surface area contributed by atoms with Crippen LogP contribution in [-0.4, -0.2) is 56.7 Å². The van der Waals surface area contributed by atoms with E-state index in [1.54, 1.807) is 4.90 Å². The summed E-state index contributed by atoms with van der Waals surface area (Å²) in [6.07, 6.45) is 1.22. The molecule has 6 heteroatoms. The largest absolute Gasteiger partial charge is 0.381 e. The molecule has 4 rings (SSSR count). The Labute approximate surface area is 179 Å². The quantitative estimate of drug-likeness (QED) is 0.735. The molecule has 0 radical (unpaired) electrons. The Morgan fingerprint density at radius 1 is 1.03 bits per heavy atom. The summed E-state index contributed by atoms with van der Waals surface area (Å²) >= 11 is 0. The fourth-order valence-corrected chi connectivity index (χ4v) is 4.42. The topological polar surface area (TPSA) is 50.9 Å². The molecule has 2 fully saturated rings. The number of amides is 2. The third-order valence-electron chi connectivity index (χ3n) is 6.09. The van der Waals surface area contributed by atoms with Crippen LogP contribution in [-0.2, 0) is 6.54 Å². The van der Waals surface area contributed by atoms with Crippen molar-refractivity contribution in [2.75, 3.05) is 60.9 Å². The van der Waals surface area contributed by atoms with Crippen LogP contribution in [0.1, 0.15) is 24.5 Å². The molecule has 0 spiro atoms. The highest BCUT2D eigenvalue weighted by atomic mass is 16.2. The Morgan fingerprint density at radius 2 is 1.83 bits per heavy atom. The van der Waals surface area contributed by atoms with E-state index in [4.69, 9.17) is 0 Å². The Balaban J connectivity index is 1.41. The number of nitrogens with one attached hydrogen (secondary N) is 2. The third kappa shape index (κ3) is 4.54. The highest BCUT2D eigenvalue weighted by molar-refractivity contribution is 5.94. The molecule has 0 aliphatic carbocycles. The van der Waals surface area contributed by atoms with E-state index in [-0.39, 0.29) is 6.03 Å². The summed E-state index contributed by atoms with van der Waals surface area (Å²) in [7, 11) is 0. The molecule has 2 N–H and O–H groups in total. The van der Waals surface area contributed by atoms with Crippen LogP contribution >= 0.6 is 0 Å². The molecule has 2 aromatic carbocycles. The van der Waals surface area contributed by atoms with Gasteiger partial charge >= 0.3 is 6.03 Å². The number of benzene rings is 2. The van der Waals surface area contributed by atoms with Crippen LogP contribution in [0.4, 0.5) is 21.9 Å². The van der Waals surface area contributed by atoms with E-state index >= 15 is 0 Å². The van der Waals surface area contributed by atoms with Crippen molar-refractivity contribution >= 4 is 23.1 Å². The van der Waals surface area contributed by atoms with Crippen molar-refractivity contribution in [2.24, 2.45) is 0 Å². The summed E-state index contributed by atoms with van der Waals surface area (Å²) in [4.78, 5) is 18.8. The molecule has 0 unspecified atom stereocenters. The number of urea groups is 1. The van der Waals surface area contributed by atoms with Gasteiger partial charge in [-0.15, -0.1) is 0 Å². The van der Waals surface area contributed by atoms with Crippen molar-refractivity contribution in [1.29, 1.82) is 0 Å². The first-order chi connectivity index (χ1) is 14.7. The first-order valence-electron chi connectivity index (χ1n) is 11.1. The fourth-order valence-electron chi connectivity index (χ4n) is 4.42. The van der Waals surface area contributed by atoms with Gasteiger partial charge < -0.3 is 15.5 Å². The van der Waals surface area contributed by atoms with Crippen molar-refractivity contribution in [2.45, 2.75) is 26.8 Å².